The van der Waals surface area contributed by atoms with Crippen LogP contribution in [0, 0.1) is 5.92 Å². The number of alkyl halides is 2. The fourth-order valence-electron chi connectivity index (χ4n) is 1.17. The molecular weight excluding hydrogens is 231 g/mol. The third-order valence-corrected chi connectivity index (χ3v) is 3.61. The van der Waals surface area contributed by atoms with Crippen molar-refractivity contribution in [2.45, 2.75) is 30.2 Å². The van der Waals surface area contributed by atoms with Crippen LogP contribution in [0.15, 0.2) is 0 Å². The van der Waals surface area contributed by atoms with Crippen LogP contribution in [0.2, 0.25) is 0 Å². The molecule has 0 aliphatic carbocycles. The number of rotatable bonds is 1. The molecule has 0 spiro atoms. The Labute approximate surface area is 79.4 Å². The van der Waals surface area contributed by atoms with Crippen LogP contribution in [-0.2, 0) is 9.53 Å². The number of cyclic esters (lactones) is 1. The molecule has 4 heteroatoms. The maximum Gasteiger partial charge on any atom is 0.338 e. The molecule has 3 atom stereocenters. The smallest absolute Gasteiger partial charge is 0.338 e. The molecule has 0 aromatic rings. The van der Waals surface area contributed by atoms with Gasteiger partial charge in [0.2, 0.25) is 3.78 Å². The summed E-state index contributed by atoms with van der Waals surface area (Å²) in [6.45, 7) is 3.88. The summed E-state index contributed by atoms with van der Waals surface area (Å²) >= 11 is 9.03. The monoisotopic (exact) mass is 240 g/mol. The molecule has 1 fully saturated rings. The van der Waals surface area contributed by atoms with Crippen LogP contribution in [0.1, 0.15) is 20.3 Å². The molecule has 64 valence electrons. The Morgan fingerprint density at radius 2 is 2.36 bits per heavy atom. The molecule has 1 aliphatic rings. The number of esters is 1. The second kappa shape index (κ2) is 2.94. The average Bonchev–Trinajstić information content (AvgIpc) is 2.14. The standard InChI is InChI=1S/C7H10BrClO2/c1-3-5-4(2)7(8,9)6(10)11-5/h4-5H,3H2,1-2H3/t4-,5-,7+/m1/s1. The van der Waals surface area contributed by atoms with E-state index >= 15 is 0 Å². The van der Waals surface area contributed by atoms with E-state index in [0.29, 0.717) is 0 Å². The van der Waals surface area contributed by atoms with Crippen molar-refractivity contribution in [3.8, 4) is 0 Å². The van der Waals surface area contributed by atoms with E-state index in [9.17, 15) is 4.79 Å². The zero-order chi connectivity index (χ0) is 8.65. The van der Waals surface area contributed by atoms with E-state index in [-0.39, 0.29) is 18.0 Å². The van der Waals surface area contributed by atoms with Crippen molar-refractivity contribution in [1.82, 2.24) is 0 Å². The maximum absolute atomic E-state index is 11.1. The number of halogens is 2. The third-order valence-electron chi connectivity index (χ3n) is 2.06. The average molecular weight is 242 g/mol. The summed E-state index contributed by atoms with van der Waals surface area (Å²) in [6, 6.07) is 0. The zero-order valence-electron chi connectivity index (χ0n) is 6.43. The lowest BCUT2D eigenvalue weighted by Crippen LogP contribution is -2.26. The van der Waals surface area contributed by atoms with Crippen LogP contribution < -0.4 is 0 Å². The van der Waals surface area contributed by atoms with Crippen molar-refractivity contribution in [2.75, 3.05) is 0 Å². The number of carbonyl (C=O) groups is 1. The Morgan fingerprint density at radius 3 is 2.55 bits per heavy atom. The highest BCUT2D eigenvalue weighted by molar-refractivity contribution is 9.10. The lowest BCUT2D eigenvalue weighted by Gasteiger charge is -2.15. The highest BCUT2D eigenvalue weighted by Gasteiger charge is 2.51. The second-order valence-electron chi connectivity index (χ2n) is 2.76. The molecule has 0 amide bonds. The van der Waals surface area contributed by atoms with E-state index in [1.807, 2.05) is 13.8 Å². The predicted molar refractivity (Wildman–Crippen MR) is 46.8 cm³/mol. The molecule has 1 aliphatic heterocycles. The first-order valence-electron chi connectivity index (χ1n) is 3.59. The molecule has 0 saturated carbocycles. The van der Waals surface area contributed by atoms with Crippen LogP contribution in [0.4, 0.5) is 0 Å². The first kappa shape index (κ1) is 9.33. The fraction of sp³-hybridized carbons (Fsp3) is 0.857. The topological polar surface area (TPSA) is 26.3 Å². The normalized spacial score (nSPS) is 44.2. The molecule has 11 heavy (non-hydrogen) atoms. The van der Waals surface area contributed by atoms with Gasteiger partial charge in [0.15, 0.2) is 0 Å². The SMILES string of the molecule is CC[C@H]1OC(=O)[C@](Cl)(Br)[C@@H]1C. The summed E-state index contributed by atoms with van der Waals surface area (Å²) in [4.78, 5) is 11.1. The Kier molecular flexibility index (Phi) is 2.49. The van der Waals surface area contributed by atoms with Crippen molar-refractivity contribution in [2.24, 2.45) is 5.92 Å². The van der Waals surface area contributed by atoms with E-state index in [2.05, 4.69) is 15.9 Å². The Balaban J connectivity index is 2.80. The van der Waals surface area contributed by atoms with Crippen LogP contribution >= 0.6 is 27.5 Å². The van der Waals surface area contributed by atoms with E-state index in [1.165, 1.54) is 0 Å². The van der Waals surface area contributed by atoms with Gasteiger partial charge in [-0.2, -0.15) is 0 Å². The van der Waals surface area contributed by atoms with Gasteiger partial charge < -0.3 is 4.74 Å². The van der Waals surface area contributed by atoms with Crippen molar-refractivity contribution in [3.63, 3.8) is 0 Å². The first-order chi connectivity index (χ1) is 5.00. The molecule has 0 N–H and O–H groups in total. The quantitative estimate of drug-likeness (QED) is 0.520. The summed E-state index contributed by atoms with van der Waals surface area (Å²) in [5, 5.41) is 0. The highest BCUT2D eigenvalue weighted by atomic mass is 79.9. The van der Waals surface area contributed by atoms with Crippen molar-refractivity contribution in [1.29, 1.82) is 0 Å². The minimum absolute atomic E-state index is 0.0293. The minimum atomic E-state index is -0.992. The molecule has 0 aromatic heterocycles. The fourth-order valence-corrected chi connectivity index (χ4v) is 1.75. The Morgan fingerprint density at radius 1 is 1.82 bits per heavy atom. The van der Waals surface area contributed by atoms with E-state index in [4.69, 9.17) is 16.3 Å². The van der Waals surface area contributed by atoms with Crippen LogP contribution in [-0.4, -0.2) is 15.9 Å². The summed E-state index contributed by atoms with van der Waals surface area (Å²) in [5.41, 5.74) is 0. The molecule has 0 unspecified atom stereocenters. The number of carbonyl (C=O) groups excluding carboxylic acids is 1. The van der Waals surface area contributed by atoms with Gasteiger partial charge in [-0.15, -0.1) is 0 Å². The van der Waals surface area contributed by atoms with Gasteiger partial charge in [0, 0.05) is 5.92 Å². The number of ether oxygens (including phenoxy) is 1. The van der Waals surface area contributed by atoms with E-state index < -0.39 is 3.78 Å². The third kappa shape index (κ3) is 1.41. The molecule has 0 aromatic carbocycles. The Bertz CT molecular complexity index is 181. The largest absolute Gasteiger partial charge is 0.460 e. The lowest BCUT2D eigenvalue weighted by atomic mass is 10.0. The number of hydrogen-bond acceptors (Lipinski definition) is 2. The highest BCUT2D eigenvalue weighted by Crippen LogP contribution is 2.43. The summed E-state index contributed by atoms with van der Waals surface area (Å²) in [5.74, 6) is -0.333. The lowest BCUT2D eigenvalue weighted by molar-refractivity contribution is -0.141. The zero-order valence-corrected chi connectivity index (χ0v) is 8.78. The summed E-state index contributed by atoms with van der Waals surface area (Å²) in [7, 11) is 0. The summed E-state index contributed by atoms with van der Waals surface area (Å²) in [6.07, 6.45) is 0.770. The molecule has 1 heterocycles. The van der Waals surface area contributed by atoms with Gasteiger partial charge in [0.05, 0.1) is 0 Å². The minimum Gasteiger partial charge on any atom is -0.460 e. The van der Waals surface area contributed by atoms with Gasteiger partial charge in [0.25, 0.3) is 0 Å². The van der Waals surface area contributed by atoms with Gasteiger partial charge in [-0.25, -0.2) is 4.79 Å². The molecule has 0 bridgehead atoms. The van der Waals surface area contributed by atoms with Gasteiger partial charge >= 0.3 is 5.97 Å². The van der Waals surface area contributed by atoms with E-state index in [1.54, 1.807) is 0 Å². The first-order valence-corrected chi connectivity index (χ1v) is 4.76. The van der Waals surface area contributed by atoms with Crippen LogP contribution in [0.3, 0.4) is 0 Å². The molecule has 1 rings (SSSR count). The van der Waals surface area contributed by atoms with Gasteiger partial charge in [-0.1, -0.05) is 41.4 Å². The van der Waals surface area contributed by atoms with Crippen LogP contribution in [0.5, 0.6) is 0 Å². The molecule has 2 nitrogen and oxygen atoms in total. The molecule has 1 saturated heterocycles. The van der Waals surface area contributed by atoms with Crippen molar-refractivity contribution >= 4 is 33.5 Å². The van der Waals surface area contributed by atoms with Gasteiger partial charge in [-0.05, 0) is 6.42 Å². The van der Waals surface area contributed by atoms with Crippen molar-refractivity contribution in [3.05, 3.63) is 0 Å². The van der Waals surface area contributed by atoms with E-state index in [0.717, 1.165) is 6.42 Å². The number of hydrogen-bond donors (Lipinski definition) is 0. The Hall–Kier alpha value is 0.240. The van der Waals surface area contributed by atoms with Crippen molar-refractivity contribution < 1.29 is 9.53 Å². The maximum atomic E-state index is 11.1. The van der Waals surface area contributed by atoms with Gasteiger partial charge in [-0.3, -0.25) is 0 Å². The van der Waals surface area contributed by atoms with Gasteiger partial charge in [0.1, 0.15) is 6.10 Å². The second-order valence-corrected chi connectivity index (χ2v) is 5.07. The van der Waals surface area contributed by atoms with Crippen LogP contribution in [0.25, 0.3) is 0 Å². The predicted octanol–water partition coefficient (Wildman–Crippen LogP) is 2.29. The molecule has 0 radical (unpaired) electrons. The summed E-state index contributed by atoms with van der Waals surface area (Å²) < 4.78 is 4.03. The molecular formula is C7H10BrClO2.